The molecule has 7 nitrogen and oxygen atoms in total. The highest BCUT2D eigenvalue weighted by atomic mass is 32.1. The first-order chi connectivity index (χ1) is 11.1. The molecule has 0 aromatic carbocycles. The molecule has 124 valence electrons. The molecule has 0 radical (unpaired) electrons. The van der Waals surface area contributed by atoms with Crippen LogP contribution in [0.5, 0.6) is 0 Å². The molecule has 0 bridgehead atoms. The van der Waals surface area contributed by atoms with Crippen molar-refractivity contribution in [1.82, 2.24) is 20.4 Å². The predicted octanol–water partition coefficient (Wildman–Crippen LogP) is 0.0329. The van der Waals surface area contributed by atoms with Gasteiger partial charge in [-0.25, -0.2) is 4.79 Å². The van der Waals surface area contributed by atoms with Gasteiger partial charge in [0.1, 0.15) is 6.04 Å². The largest absolute Gasteiger partial charge is 0.340 e. The molecular formula is C15H20N4O3S. The quantitative estimate of drug-likeness (QED) is 0.744. The van der Waals surface area contributed by atoms with Crippen LogP contribution in [0, 0.1) is 0 Å². The maximum Gasteiger partial charge on any atom is 0.322 e. The molecule has 3 heterocycles. The van der Waals surface area contributed by atoms with Crippen LogP contribution in [0.1, 0.15) is 11.3 Å². The molecule has 3 rings (SSSR count). The molecule has 0 unspecified atom stereocenters. The second kappa shape index (κ2) is 7.10. The highest BCUT2D eigenvalue weighted by molar-refractivity contribution is 7.09. The summed E-state index contributed by atoms with van der Waals surface area (Å²) in [7, 11) is 0. The van der Waals surface area contributed by atoms with Gasteiger partial charge in [0.05, 0.1) is 6.42 Å². The molecule has 8 heteroatoms. The third-order valence-corrected chi connectivity index (χ3v) is 5.15. The van der Waals surface area contributed by atoms with E-state index in [1.807, 2.05) is 0 Å². The topological polar surface area (TPSA) is 81.8 Å². The minimum absolute atomic E-state index is 0.0345. The Kier molecular flexibility index (Phi) is 4.92. The van der Waals surface area contributed by atoms with E-state index in [0.717, 1.165) is 26.1 Å². The van der Waals surface area contributed by atoms with Crippen LogP contribution in [0.2, 0.25) is 0 Å². The van der Waals surface area contributed by atoms with Gasteiger partial charge in [0, 0.05) is 37.6 Å². The fourth-order valence-corrected chi connectivity index (χ4v) is 3.55. The van der Waals surface area contributed by atoms with Crippen molar-refractivity contribution in [3.63, 3.8) is 0 Å². The Morgan fingerprint density at radius 1 is 1.26 bits per heavy atom. The molecule has 4 amide bonds. The van der Waals surface area contributed by atoms with E-state index in [2.05, 4.69) is 33.0 Å². The number of imide groups is 1. The molecule has 2 fully saturated rings. The monoisotopic (exact) mass is 336 g/mol. The van der Waals surface area contributed by atoms with Crippen molar-refractivity contribution in [3.8, 4) is 0 Å². The maximum absolute atomic E-state index is 12.2. The first-order valence-electron chi connectivity index (χ1n) is 7.75. The number of thiophene rings is 1. The standard InChI is InChI=1S/C15H20N4O3S/c20-13(10-12-14(21)17-15(22)16-12)19-7-5-18(6-8-19)4-3-11-2-1-9-23-11/h1-2,9,12H,3-8,10H2,(H2,16,17,21,22)/t12-/m1/s1. The van der Waals surface area contributed by atoms with E-state index < -0.39 is 18.0 Å². The van der Waals surface area contributed by atoms with Crippen LogP contribution in [0.25, 0.3) is 0 Å². The van der Waals surface area contributed by atoms with Gasteiger partial charge in [0.15, 0.2) is 0 Å². The number of carbonyl (C=O) groups is 3. The van der Waals surface area contributed by atoms with Gasteiger partial charge in [0.25, 0.3) is 5.91 Å². The Morgan fingerprint density at radius 3 is 2.65 bits per heavy atom. The zero-order chi connectivity index (χ0) is 16.2. The van der Waals surface area contributed by atoms with Crippen LogP contribution in [0.4, 0.5) is 4.79 Å². The maximum atomic E-state index is 12.2. The first kappa shape index (κ1) is 15.9. The normalized spacial score (nSPS) is 22.1. The van der Waals surface area contributed by atoms with Crippen molar-refractivity contribution in [2.45, 2.75) is 18.9 Å². The summed E-state index contributed by atoms with van der Waals surface area (Å²) in [6, 6.07) is 2.96. The third-order valence-electron chi connectivity index (χ3n) is 4.22. The van der Waals surface area contributed by atoms with Crippen LogP contribution in [0.15, 0.2) is 17.5 Å². The Morgan fingerprint density at radius 2 is 2.04 bits per heavy atom. The average molecular weight is 336 g/mol. The summed E-state index contributed by atoms with van der Waals surface area (Å²) < 4.78 is 0. The summed E-state index contributed by atoms with van der Waals surface area (Å²) in [5.74, 6) is -0.497. The Labute approximate surface area is 138 Å². The smallest absolute Gasteiger partial charge is 0.322 e. The number of carbonyl (C=O) groups excluding carboxylic acids is 3. The van der Waals surface area contributed by atoms with Crippen molar-refractivity contribution >= 4 is 29.2 Å². The Bertz CT molecular complexity index is 582. The molecule has 0 aliphatic carbocycles. The lowest BCUT2D eigenvalue weighted by Crippen LogP contribution is -2.50. The molecule has 0 spiro atoms. The minimum atomic E-state index is -0.730. The lowest BCUT2D eigenvalue weighted by Gasteiger charge is -2.35. The summed E-state index contributed by atoms with van der Waals surface area (Å²) in [6.07, 6.45) is 1.08. The van der Waals surface area contributed by atoms with Crippen molar-refractivity contribution in [2.75, 3.05) is 32.7 Å². The molecule has 2 aliphatic heterocycles. The molecule has 1 aromatic heterocycles. The van der Waals surface area contributed by atoms with E-state index in [1.54, 1.807) is 16.2 Å². The molecule has 1 aromatic rings. The van der Waals surface area contributed by atoms with Crippen molar-refractivity contribution in [3.05, 3.63) is 22.4 Å². The van der Waals surface area contributed by atoms with Crippen molar-refractivity contribution in [2.24, 2.45) is 0 Å². The number of nitrogens with zero attached hydrogens (tertiary/aromatic N) is 2. The fourth-order valence-electron chi connectivity index (χ4n) is 2.85. The molecular weight excluding hydrogens is 316 g/mol. The van der Waals surface area contributed by atoms with E-state index in [-0.39, 0.29) is 12.3 Å². The molecule has 2 saturated heterocycles. The van der Waals surface area contributed by atoms with E-state index in [4.69, 9.17) is 0 Å². The summed E-state index contributed by atoms with van der Waals surface area (Å²) >= 11 is 1.77. The van der Waals surface area contributed by atoms with E-state index >= 15 is 0 Å². The summed E-state index contributed by atoms with van der Waals surface area (Å²) in [5, 5.41) is 6.69. The van der Waals surface area contributed by atoms with E-state index in [0.29, 0.717) is 13.1 Å². The number of hydrogen-bond donors (Lipinski definition) is 2. The van der Waals surface area contributed by atoms with Crippen molar-refractivity contribution in [1.29, 1.82) is 0 Å². The van der Waals surface area contributed by atoms with Crippen LogP contribution < -0.4 is 10.6 Å². The van der Waals surface area contributed by atoms with Gasteiger partial charge in [-0.05, 0) is 17.9 Å². The highest BCUT2D eigenvalue weighted by Crippen LogP contribution is 2.12. The zero-order valence-corrected chi connectivity index (χ0v) is 13.6. The Balaban J connectivity index is 1.40. The Hall–Kier alpha value is -1.93. The van der Waals surface area contributed by atoms with E-state index in [1.165, 1.54) is 4.88 Å². The van der Waals surface area contributed by atoms with Gasteiger partial charge in [-0.3, -0.25) is 19.8 Å². The van der Waals surface area contributed by atoms with Gasteiger partial charge in [-0.1, -0.05) is 6.07 Å². The first-order valence-corrected chi connectivity index (χ1v) is 8.63. The number of amides is 4. The lowest BCUT2D eigenvalue weighted by atomic mass is 10.1. The summed E-state index contributed by atoms with van der Waals surface area (Å²) in [4.78, 5) is 40.3. The fraction of sp³-hybridized carbons (Fsp3) is 0.533. The SMILES string of the molecule is O=C1NC(=O)[C@@H](CC(=O)N2CCN(CCc3cccs3)CC2)N1. The number of nitrogens with one attached hydrogen (secondary N) is 2. The average Bonchev–Trinajstić information content (AvgIpc) is 3.16. The number of urea groups is 1. The van der Waals surface area contributed by atoms with Crippen LogP contribution >= 0.6 is 11.3 Å². The zero-order valence-electron chi connectivity index (χ0n) is 12.8. The van der Waals surface area contributed by atoms with E-state index in [9.17, 15) is 14.4 Å². The molecule has 2 N–H and O–H groups in total. The second-order valence-electron chi connectivity index (χ2n) is 5.77. The van der Waals surface area contributed by atoms with Gasteiger partial charge in [-0.2, -0.15) is 0 Å². The van der Waals surface area contributed by atoms with Gasteiger partial charge < -0.3 is 10.2 Å². The van der Waals surface area contributed by atoms with Crippen LogP contribution in [-0.4, -0.2) is 66.4 Å². The number of hydrogen-bond acceptors (Lipinski definition) is 5. The summed E-state index contributed by atoms with van der Waals surface area (Å²) in [5.41, 5.74) is 0. The third kappa shape index (κ3) is 4.08. The lowest BCUT2D eigenvalue weighted by molar-refractivity contribution is -0.135. The minimum Gasteiger partial charge on any atom is -0.340 e. The molecule has 23 heavy (non-hydrogen) atoms. The van der Waals surface area contributed by atoms with Gasteiger partial charge in [-0.15, -0.1) is 11.3 Å². The predicted molar refractivity (Wildman–Crippen MR) is 86.1 cm³/mol. The highest BCUT2D eigenvalue weighted by Gasteiger charge is 2.33. The number of piperazine rings is 1. The van der Waals surface area contributed by atoms with Gasteiger partial charge >= 0.3 is 6.03 Å². The van der Waals surface area contributed by atoms with Gasteiger partial charge in [0.2, 0.25) is 5.91 Å². The molecule has 0 saturated carbocycles. The number of rotatable bonds is 5. The molecule has 2 aliphatic rings. The second-order valence-corrected chi connectivity index (χ2v) is 6.80. The van der Waals surface area contributed by atoms with Crippen molar-refractivity contribution < 1.29 is 14.4 Å². The van der Waals surface area contributed by atoms with Crippen LogP contribution in [0.3, 0.4) is 0 Å². The molecule has 1 atom stereocenters. The van der Waals surface area contributed by atoms with Crippen LogP contribution in [-0.2, 0) is 16.0 Å². The summed E-state index contributed by atoms with van der Waals surface area (Å²) in [6.45, 7) is 4.04.